The van der Waals surface area contributed by atoms with Gasteiger partial charge in [-0.25, -0.2) is 0 Å². The van der Waals surface area contributed by atoms with Gasteiger partial charge in [0.25, 0.3) is 11.7 Å². The molecule has 5 rings (SSSR count). The van der Waals surface area contributed by atoms with E-state index in [1.54, 1.807) is 29.2 Å². The lowest BCUT2D eigenvalue weighted by atomic mass is 9.95. The summed E-state index contributed by atoms with van der Waals surface area (Å²) in [7, 11) is 0. The highest BCUT2D eigenvalue weighted by Gasteiger charge is 2.45. The van der Waals surface area contributed by atoms with E-state index in [2.05, 4.69) is 20.9 Å². The Kier molecular flexibility index (Phi) is 6.02. The first-order chi connectivity index (χ1) is 16.4. The van der Waals surface area contributed by atoms with Crippen LogP contribution in [0, 0.1) is 0 Å². The van der Waals surface area contributed by atoms with Crippen molar-refractivity contribution < 1.29 is 14.7 Å². The van der Waals surface area contributed by atoms with E-state index in [0.717, 1.165) is 26.5 Å². The zero-order valence-corrected chi connectivity index (χ0v) is 20.3. The Hall–Kier alpha value is -3.35. The molecule has 34 heavy (non-hydrogen) atoms. The van der Waals surface area contributed by atoms with Crippen LogP contribution in [-0.2, 0) is 16.0 Å². The molecule has 2 heterocycles. The summed E-state index contributed by atoms with van der Waals surface area (Å²) in [5.41, 5.74) is 3.32. The number of benzene rings is 3. The number of ketones is 1. The summed E-state index contributed by atoms with van der Waals surface area (Å²) in [4.78, 5) is 31.2. The van der Waals surface area contributed by atoms with E-state index in [1.807, 2.05) is 54.7 Å². The highest BCUT2D eigenvalue weighted by Crippen LogP contribution is 2.40. The molecule has 0 aliphatic carbocycles. The maximum absolute atomic E-state index is 13.2. The molecule has 1 unspecified atom stereocenters. The maximum Gasteiger partial charge on any atom is 0.295 e. The number of nitrogens with zero attached hydrogens (tertiary/aromatic N) is 1. The van der Waals surface area contributed by atoms with Gasteiger partial charge in [-0.2, -0.15) is 0 Å². The number of halogens is 2. The van der Waals surface area contributed by atoms with E-state index in [-0.39, 0.29) is 11.3 Å². The number of nitrogens with one attached hydrogen (secondary N) is 1. The highest BCUT2D eigenvalue weighted by atomic mass is 79.9. The number of amides is 1. The Morgan fingerprint density at radius 3 is 2.56 bits per heavy atom. The van der Waals surface area contributed by atoms with Crippen molar-refractivity contribution in [3.8, 4) is 0 Å². The van der Waals surface area contributed by atoms with Crippen LogP contribution in [0.4, 0.5) is 0 Å². The number of aromatic nitrogens is 1. The Bertz CT molecular complexity index is 1440. The molecule has 1 amide bonds. The maximum atomic E-state index is 13.2. The largest absolute Gasteiger partial charge is 0.507 e. The fourth-order valence-electron chi connectivity index (χ4n) is 4.48. The van der Waals surface area contributed by atoms with Crippen molar-refractivity contribution in [1.29, 1.82) is 0 Å². The quantitative estimate of drug-likeness (QED) is 0.180. The Labute approximate surface area is 209 Å². The number of fused-ring (bicyclic) bond motifs is 1. The lowest BCUT2D eigenvalue weighted by Crippen LogP contribution is -2.31. The van der Waals surface area contributed by atoms with Crippen molar-refractivity contribution in [3.63, 3.8) is 0 Å². The van der Waals surface area contributed by atoms with Crippen molar-refractivity contribution in [2.45, 2.75) is 12.5 Å². The summed E-state index contributed by atoms with van der Waals surface area (Å²) in [5.74, 6) is -1.54. The van der Waals surface area contributed by atoms with E-state index in [0.29, 0.717) is 23.6 Å². The molecule has 1 atom stereocenters. The first-order valence-corrected chi connectivity index (χ1v) is 12.0. The SMILES string of the molecule is O=C1C(=O)N(CCc2c[nH]c3ccccc23)C(c2cccc(Br)c2)C1=C(O)c1ccc(Cl)cc1. The number of para-hydroxylation sites is 1. The minimum absolute atomic E-state index is 0.0735. The molecule has 0 spiro atoms. The minimum atomic E-state index is -0.710. The summed E-state index contributed by atoms with van der Waals surface area (Å²) < 4.78 is 0.818. The van der Waals surface area contributed by atoms with Gasteiger partial charge in [0.15, 0.2) is 0 Å². The molecule has 170 valence electrons. The number of aromatic amines is 1. The number of carbonyl (C=O) groups is 2. The van der Waals surface area contributed by atoms with Crippen molar-refractivity contribution in [3.05, 3.63) is 111 Å². The second-order valence-electron chi connectivity index (χ2n) is 8.16. The van der Waals surface area contributed by atoms with Gasteiger partial charge in [0.2, 0.25) is 0 Å². The third-order valence-electron chi connectivity index (χ3n) is 6.12. The van der Waals surface area contributed by atoms with Crippen LogP contribution in [0.15, 0.2) is 89.0 Å². The standard InChI is InChI=1S/C27H20BrClN2O3/c28-19-5-3-4-17(14-19)24-23(25(32)16-8-10-20(29)11-9-16)26(33)27(34)31(24)13-12-18-15-30-22-7-2-1-6-21(18)22/h1-11,14-15,24,30,32H,12-13H2. The molecule has 1 aliphatic rings. The fraction of sp³-hybridized carbons (Fsp3) is 0.111. The number of H-pyrrole nitrogens is 1. The van der Waals surface area contributed by atoms with Gasteiger partial charge < -0.3 is 15.0 Å². The molecule has 0 bridgehead atoms. The van der Waals surface area contributed by atoms with Crippen molar-refractivity contribution in [2.75, 3.05) is 6.54 Å². The van der Waals surface area contributed by atoms with Crippen molar-refractivity contribution >= 4 is 55.9 Å². The van der Waals surface area contributed by atoms with Gasteiger partial charge in [-0.3, -0.25) is 9.59 Å². The number of hydrogen-bond donors (Lipinski definition) is 2. The zero-order valence-electron chi connectivity index (χ0n) is 18.0. The third kappa shape index (κ3) is 4.04. The summed E-state index contributed by atoms with van der Waals surface area (Å²) in [6, 6.07) is 21.2. The Morgan fingerprint density at radius 2 is 1.79 bits per heavy atom. The monoisotopic (exact) mass is 534 g/mol. The van der Waals surface area contributed by atoms with Crippen LogP contribution in [0.2, 0.25) is 5.02 Å². The van der Waals surface area contributed by atoms with Crippen LogP contribution in [-0.4, -0.2) is 33.2 Å². The number of likely N-dealkylation sites (tertiary alicyclic amines) is 1. The summed E-state index contributed by atoms with van der Waals surface area (Å²) in [6.45, 7) is 0.320. The molecule has 5 nitrogen and oxygen atoms in total. The van der Waals surface area contributed by atoms with Gasteiger partial charge in [0.05, 0.1) is 11.6 Å². The highest BCUT2D eigenvalue weighted by molar-refractivity contribution is 9.10. The minimum Gasteiger partial charge on any atom is -0.507 e. The Balaban J connectivity index is 1.57. The molecule has 4 aromatic rings. The summed E-state index contributed by atoms with van der Waals surface area (Å²) >= 11 is 9.47. The molecular weight excluding hydrogens is 516 g/mol. The van der Waals surface area contributed by atoms with Gasteiger partial charge in [-0.05, 0) is 60.0 Å². The number of carbonyl (C=O) groups excluding carboxylic acids is 2. The van der Waals surface area contributed by atoms with Gasteiger partial charge in [0, 0.05) is 38.7 Å². The van der Waals surface area contributed by atoms with E-state index in [9.17, 15) is 14.7 Å². The van der Waals surface area contributed by atoms with E-state index < -0.39 is 17.7 Å². The Morgan fingerprint density at radius 1 is 1.03 bits per heavy atom. The van der Waals surface area contributed by atoms with Gasteiger partial charge in [0.1, 0.15) is 5.76 Å². The van der Waals surface area contributed by atoms with Crippen LogP contribution in [0.3, 0.4) is 0 Å². The normalized spacial score (nSPS) is 17.6. The summed E-state index contributed by atoms with van der Waals surface area (Å²) in [5, 5.41) is 12.7. The summed E-state index contributed by atoms with van der Waals surface area (Å²) in [6.07, 6.45) is 2.49. The van der Waals surface area contributed by atoms with Gasteiger partial charge >= 0.3 is 0 Å². The smallest absolute Gasteiger partial charge is 0.295 e. The molecule has 7 heteroatoms. The fourth-order valence-corrected chi connectivity index (χ4v) is 5.02. The first-order valence-electron chi connectivity index (χ1n) is 10.8. The van der Waals surface area contributed by atoms with Crippen LogP contribution < -0.4 is 0 Å². The van der Waals surface area contributed by atoms with E-state index in [1.165, 1.54) is 0 Å². The number of aliphatic hydroxyl groups is 1. The van der Waals surface area contributed by atoms with Gasteiger partial charge in [-0.1, -0.05) is 57.9 Å². The lowest BCUT2D eigenvalue weighted by molar-refractivity contribution is -0.139. The average molecular weight is 536 g/mol. The topological polar surface area (TPSA) is 73.4 Å². The third-order valence-corrected chi connectivity index (χ3v) is 6.86. The second-order valence-corrected chi connectivity index (χ2v) is 9.52. The van der Waals surface area contributed by atoms with E-state index in [4.69, 9.17) is 11.6 Å². The molecule has 0 saturated carbocycles. The van der Waals surface area contributed by atoms with Crippen LogP contribution in [0.25, 0.3) is 16.7 Å². The zero-order chi connectivity index (χ0) is 23.8. The predicted molar refractivity (Wildman–Crippen MR) is 137 cm³/mol. The van der Waals surface area contributed by atoms with Crippen LogP contribution >= 0.6 is 27.5 Å². The molecule has 0 radical (unpaired) electrons. The molecular formula is C27H20BrClN2O3. The molecule has 1 saturated heterocycles. The lowest BCUT2D eigenvalue weighted by Gasteiger charge is -2.25. The van der Waals surface area contributed by atoms with E-state index >= 15 is 0 Å². The first kappa shape index (κ1) is 22.4. The molecule has 1 fully saturated rings. The molecule has 2 N–H and O–H groups in total. The number of aliphatic hydroxyl groups excluding tert-OH is 1. The number of rotatable bonds is 5. The number of Topliss-reactive ketones (excluding diaryl/α,β-unsaturated/α-hetero) is 1. The van der Waals surface area contributed by atoms with Crippen LogP contribution in [0.5, 0.6) is 0 Å². The van der Waals surface area contributed by atoms with Crippen molar-refractivity contribution in [2.24, 2.45) is 0 Å². The predicted octanol–water partition coefficient (Wildman–Crippen LogP) is 6.25. The average Bonchev–Trinajstić information content (AvgIpc) is 3.36. The second kappa shape index (κ2) is 9.12. The van der Waals surface area contributed by atoms with Gasteiger partial charge in [-0.15, -0.1) is 0 Å². The molecule has 1 aromatic heterocycles. The van der Waals surface area contributed by atoms with Crippen molar-refractivity contribution in [1.82, 2.24) is 9.88 Å². The molecule has 3 aromatic carbocycles. The van der Waals surface area contributed by atoms with Crippen LogP contribution in [0.1, 0.15) is 22.7 Å². The molecule has 1 aliphatic heterocycles. The number of hydrogen-bond acceptors (Lipinski definition) is 3.